The third-order valence-electron chi connectivity index (χ3n) is 3.77. The summed E-state index contributed by atoms with van der Waals surface area (Å²) in [6, 6.07) is 11.5. The summed E-state index contributed by atoms with van der Waals surface area (Å²) in [5, 5.41) is 0. The van der Waals surface area contributed by atoms with Crippen molar-refractivity contribution in [1.82, 2.24) is 0 Å². The maximum Gasteiger partial charge on any atom is 0.416 e. The SMILES string of the molecule is CCC(Oc1ccc(OCc2ccc(C(F)(F)F)cc2)cc1)C(=O)OC(C)C. The molecule has 0 saturated heterocycles. The van der Waals surface area contributed by atoms with Gasteiger partial charge in [0, 0.05) is 0 Å². The molecule has 152 valence electrons. The highest BCUT2D eigenvalue weighted by Gasteiger charge is 2.29. The van der Waals surface area contributed by atoms with Crippen LogP contribution in [0.4, 0.5) is 13.2 Å². The molecule has 0 aromatic heterocycles. The Kier molecular flexibility index (Phi) is 7.31. The quantitative estimate of drug-likeness (QED) is 0.561. The van der Waals surface area contributed by atoms with E-state index in [0.717, 1.165) is 12.1 Å². The van der Waals surface area contributed by atoms with Gasteiger partial charge in [0.1, 0.15) is 18.1 Å². The average Bonchev–Trinajstić information content (AvgIpc) is 2.64. The van der Waals surface area contributed by atoms with Crippen LogP contribution < -0.4 is 9.47 Å². The zero-order valence-corrected chi connectivity index (χ0v) is 16.0. The molecule has 0 N–H and O–H groups in total. The van der Waals surface area contributed by atoms with Crippen molar-refractivity contribution in [2.24, 2.45) is 0 Å². The van der Waals surface area contributed by atoms with Crippen LogP contribution >= 0.6 is 0 Å². The lowest BCUT2D eigenvalue weighted by molar-refractivity contribution is -0.156. The summed E-state index contributed by atoms with van der Waals surface area (Å²) in [6.45, 7) is 5.51. The van der Waals surface area contributed by atoms with Crippen molar-refractivity contribution in [1.29, 1.82) is 0 Å². The molecule has 2 rings (SSSR count). The summed E-state index contributed by atoms with van der Waals surface area (Å²) < 4.78 is 54.1. The highest BCUT2D eigenvalue weighted by Crippen LogP contribution is 2.29. The Morgan fingerprint density at radius 1 is 0.964 bits per heavy atom. The zero-order valence-electron chi connectivity index (χ0n) is 16.0. The van der Waals surface area contributed by atoms with E-state index in [9.17, 15) is 18.0 Å². The lowest BCUT2D eigenvalue weighted by atomic mass is 10.1. The monoisotopic (exact) mass is 396 g/mol. The van der Waals surface area contributed by atoms with E-state index >= 15 is 0 Å². The van der Waals surface area contributed by atoms with E-state index in [-0.39, 0.29) is 12.7 Å². The predicted octanol–water partition coefficient (Wildman–Crippen LogP) is 5.39. The summed E-state index contributed by atoms with van der Waals surface area (Å²) in [6.07, 6.45) is -4.79. The molecule has 4 nitrogen and oxygen atoms in total. The molecule has 1 unspecified atom stereocenters. The molecule has 2 aromatic carbocycles. The van der Waals surface area contributed by atoms with Crippen LogP contribution in [0, 0.1) is 0 Å². The number of hydrogen-bond donors (Lipinski definition) is 0. The second kappa shape index (κ2) is 9.48. The fourth-order valence-electron chi connectivity index (χ4n) is 2.34. The molecule has 0 aliphatic heterocycles. The molecule has 0 heterocycles. The Bertz CT molecular complexity index is 753. The predicted molar refractivity (Wildman–Crippen MR) is 98.2 cm³/mol. The molecule has 1 atom stereocenters. The van der Waals surface area contributed by atoms with Crippen LogP contribution in [0.1, 0.15) is 38.3 Å². The number of alkyl halides is 3. The summed E-state index contributed by atoms with van der Waals surface area (Å²) in [5.74, 6) is 0.611. The Hall–Kier alpha value is -2.70. The third kappa shape index (κ3) is 6.48. The van der Waals surface area contributed by atoms with Gasteiger partial charge in [-0.2, -0.15) is 13.2 Å². The number of hydrogen-bond acceptors (Lipinski definition) is 4. The number of benzene rings is 2. The van der Waals surface area contributed by atoms with Crippen LogP contribution in [0.3, 0.4) is 0 Å². The number of carbonyl (C=O) groups is 1. The van der Waals surface area contributed by atoms with Crippen molar-refractivity contribution in [3.05, 3.63) is 59.7 Å². The van der Waals surface area contributed by atoms with E-state index in [1.807, 2.05) is 6.92 Å². The summed E-state index contributed by atoms with van der Waals surface area (Å²) >= 11 is 0. The van der Waals surface area contributed by atoms with Gasteiger partial charge >= 0.3 is 12.1 Å². The van der Waals surface area contributed by atoms with Gasteiger partial charge in [-0.1, -0.05) is 19.1 Å². The second-order valence-electron chi connectivity index (χ2n) is 6.46. The molecule has 0 bridgehead atoms. The van der Waals surface area contributed by atoms with E-state index < -0.39 is 23.8 Å². The normalized spacial score (nSPS) is 12.5. The summed E-state index contributed by atoms with van der Waals surface area (Å²) in [5.41, 5.74) is -0.0740. The first-order valence-corrected chi connectivity index (χ1v) is 8.95. The van der Waals surface area contributed by atoms with Gasteiger partial charge < -0.3 is 14.2 Å². The molecule has 0 fully saturated rings. The molecule has 2 aromatic rings. The van der Waals surface area contributed by atoms with Crippen LogP contribution in [0.25, 0.3) is 0 Å². The Balaban J connectivity index is 1.91. The number of ether oxygens (including phenoxy) is 3. The van der Waals surface area contributed by atoms with Crippen molar-refractivity contribution in [2.45, 2.75) is 52.2 Å². The van der Waals surface area contributed by atoms with Gasteiger partial charge in [0.05, 0.1) is 11.7 Å². The fourth-order valence-corrected chi connectivity index (χ4v) is 2.34. The van der Waals surface area contributed by atoms with Crippen molar-refractivity contribution < 1.29 is 32.2 Å². The first-order chi connectivity index (χ1) is 13.2. The molecular formula is C21H23F3O4. The summed E-state index contributed by atoms with van der Waals surface area (Å²) in [7, 11) is 0. The number of halogens is 3. The van der Waals surface area contributed by atoms with Gasteiger partial charge in [-0.05, 0) is 62.2 Å². The molecule has 7 heteroatoms. The molecule has 0 radical (unpaired) electrons. The highest BCUT2D eigenvalue weighted by atomic mass is 19.4. The van der Waals surface area contributed by atoms with Gasteiger partial charge in [0.15, 0.2) is 6.10 Å². The lowest BCUT2D eigenvalue weighted by Crippen LogP contribution is -2.30. The van der Waals surface area contributed by atoms with E-state index in [0.29, 0.717) is 23.5 Å². The van der Waals surface area contributed by atoms with Crippen molar-refractivity contribution in [2.75, 3.05) is 0 Å². The average molecular weight is 396 g/mol. The molecule has 28 heavy (non-hydrogen) atoms. The third-order valence-corrected chi connectivity index (χ3v) is 3.77. The van der Waals surface area contributed by atoms with Gasteiger partial charge in [-0.15, -0.1) is 0 Å². The Morgan fingerprint density at radius 2 is 1.54 bits per heavy atom. The Morgan fingerprint density at radius 3 is 2.04 bits per heavy atom. The Labute approximate surface area is 162 Å². The number of carbonyl (C=O) groups excluding carboxylic acids is 1. The largest absolute Gasteiger partial charge is 0.489 e. The first-order valence-electron chi connectivity index (χ1n) is 8.95. The van der Waals surface area contributed by atoms with Crippen LogP contribution in [0.5, 0.6) is 11.5 Å². The fraction of sp³-hybridized carbons (Fsp3) is 0.381. The maximum absolute atomic E-state index is 12.6. The highest BCUT2D eigenvalue weighted by molar-refractivity contribution is 5.75. The summed E-state index contributed by atoms with van der Waals surface area (Å²) in [4.78, 5) is 12.0. The maximum atomic E-state index is 12.6. The molecule has 0 amide bonds. The van der Waals surface area contributed by atoms with Crippen LogP contribution in [0.15, 0.2) is 48.5 Å². The smallest absolute Gasteiger partial charge is 0.416 e. The minimum atomic E-state index is -4.35. The van der Waals surface area contributed by atoms with Gasteiger partial charge in [0.2, 0.25) is 0 Å². The minimum absolute atomic E-state index is 0.136. The molecule has 0 aliphatic rings. The van der Waals surface area contributed by atoms with Crippen molar-refractivity contribution >= 4 is 5.97 Å². The standard InChI is InChI=1S/C21H23F3O4/c1-4-19(20(25)27-14(2)3)28-18-11-9-17(10-12-18)26-13-15-5-7-16(8-6-15)21(22,23)24/h5-12,14,19H,4,13H2,1-3H3. The lowest BCUT2D eigenvalue weighted by Gasteiger charge is -2.18. The second-order valence-corrected chi connectivity index (χ2v) is 6.46. The molecule has 0 saturated carbocycles. The molecular weight excluding hydrogens is 373 g/mol. The van der Waals surface area contributed by atoms with E-state index in [2.05, 4.69) is 0 Å². The van der Waals surface area contributed by atoms with Gasteiger partial charge in [0.25, 0.3) is 0 Å². The van der Waals surface area contributed by atoms with Crippen LogP contribution in [-0.2, 0) is 22.3 Å². The van der Waals surface area contributed by atoms with E-state index in [1.165, 1.54) is 12.1 Å². The zero-order chi connectivity index (χ0) is 20.7. The van der Waals surface area contributed by atoms with Crippen LogP contribution in [0.2, 0.25) is 0 Å². The molecule has 0 aliphatic carbocycles. The number of esters is 1. The van der Waals surface area contributed by atoms with Crippen molar-refractivity contribution in [3.8, 4) is 11.5 Å². The van der Waals surface area contributed by atoms with Gasteiger partial charge in [-0.3, -0.25) is 0 Å². The molecule has 0 spiro atoms. The number of rotatable bonds is 8. The van der Waals surface area contributed by atoms with Crippen LogP contribution in [-0.4, -0.2) is 18.2 Å². The van der Waals surface area contributed by atoms with E-state index in [1.54, 1.807) is 38.1 Å². The van der Waals surface area contributed by atoms with E-state index in [4.69, 9.17) is 14.2 Å². The van der Waals surface area contributed by atoms with Gasteiger partial charge in [-0.25, -0.2) is 4.79 Å². The minimum Gasteiger partial charge on any atom is -0.489 e. The topological polar surface area (TPSA) is 44.8 Å². The van der Waals surface area contributed by atoms with Crippen molar-refractivity contribution in [3.63, 3.8) is 0 Å². The first kappa shape index (κ1) is 21.6.